The molecule has 0 atom stereocenters. The Labute approximate surface area is 111 Å². The van der Waals surface area contributed by atoms with Crippen LogP contribution in [-0.2, 0) is 0 Å². The number of aryl methyl sites for hydroxylation is 1. The van der Waals surface area contributed by atoms with E-state index < -0.39 is 0 Å². The Kier molecular flexibility index (Phi) is 2.80. The highest BCUT2D eigenvalue weighted by Crippen LogP contribution is 2.30. The molecular weight excluding hydrogens is 236 g/mol. The summed E-state index contributed by atoms with van der Waals surface area (Å²) in [6.07, 6.45) is 1.47. The first-order valence-electron chi connectivity index (χ1n) is 6.15. The molecule has 0 aliphatic carbocycles. The van der Waals surface area contributed by atoms with E-state index in [4.69, 9.17) is 0 Å². The molecular formula is C16H14N2O. The Bertz CT molecular complexity index is 685. The number of hydrogen-bond donors (Lipinski definition) is 1. The first-order valence-corrected chi connectivity index (χ1v) is 6.15. The maximum absolute atomic E-state index is 10.0. The van der Waals surface area contributed by atoms with Crippen LogP contribution < -0.4 is 0 Å². The van der Waals surface area contributed by atoms with Crippen LogP contribution in [0.4, 0.5) is 0 Å². The van der Waals surface area contributed by atoms with Crippen LogP contribution in [0.2, 0.25) is 0 Å². The van der Waals surface area contributed by atoms with Crippen molar-refractivity contribution >= 4 is 0 Å². The Morgan fingerprint density at radius 1 is 0.947 bits per heavy atom. The van der Waals surface area contributed by atoms with Crippen molar-refractivity contribution in [2.45, 2.75) is 6.92 Å². The Hall–Kier alpha value is -2.55. The fourth-order valence-electron chi connectivity index (χ4n) is 2.09. The zero-order chi connectivity index (χ0) is 13.2. The molecule has 0 radical (unpaired) electrons. The molecule has 3 heteroatoms. The molecule has 1 N–H and O–H groups in total. The van der Waals surface area contributed by atoms with E-state index in [2.05, 4.69) is 5.10 Å². The van der Waals surface area contributed by atoms with Gasteiger partial charge in [-0.05, 0) is 19.1 Å². The zero-order valence-corrected chi connectivity index (χ0v) is 10.6. The Balaban J connectivity index is 2.16. The minimum atomic E-state index is 0.187. The van der Waals surface area contributed by atoms with Gasteiger partial charge in [0.1, 0.15) is 5.69 Å². The third-order valence-corrected chi connectivity index (χ3v) is 3.08. The highest BCUT2D eigenvalue weighted by atomic mass is 16.3. The van der Waals surface area contributed by atoms with E-state index in [0.29, 0.717) is 5.69 Å². The molecule has 2 aromatic carbocycles. The van der Waals surface area contributed by atoms with Crippen LogP contribution in [0, 0.1) is 6.92 Å². The van der Waals surface area contributed by atoms with Gasteiger partial charge in [0.25, 0.3) is 0 Å². The molecule has 0 aliphatic heterocycles. The molecule has 3 aromatic rings. The predicted molar refractivity (Wildman–Crippen MR) is 75.4 cm³/mol. The van der Waals surface area contributed by atoms with Crippen molar-refractivity contribution in [3.05, 3.63) is 66.4 Å². The van der Waals surface area contributed by atoms with E-state index in [1.807, 2.05) is 61.5 Å². The minimum absolute atomic E-state index is 0.187. The molecule has 0 bridgehead atoms. The van der Waals surface area contributed by atoms with Gasteiger partial charge in [-0.25, -0.2) is 4.68 Å². The van der Waals surface area contributed by atoms with Crippen LogP contribution in [-0.4, -0.2) is 14.9 Å². The van der Waals surface area contributed by atoms with Gasteiger partial charge in [0, 0.05) is 5.56 Å². The average Bonchev–Trinajstić information content (AvgIpc) is 2.82. The molecule has 1 aromatic heterocycles. The number of hydrogen-bond acceptors (Lipinski definition) is 2. The highest BCUT2D eigenvalue weighted by molar-refractivity contribution is 5.68. The summed E-state index contributed by atoms with van der Waals surface area (Å²) in [5.41, 5.74) is 3.79. The summed E-state index contributed by atoms with van der Waals surface area (Å²) >= 11 is 0. The third-order valence-electron chi connectivity index (χ3n) is 3.08. The maximum Gasteiger partial charge on any atom is 0.162 e. The van der Waals surface area contributed by atoms with Crippen molar-refractivity contribution in [1.29, 1.82) is 0 Å². The van der Waals surface area contributed by atoms with Crippen LogP contribution in [0.25, 0.3) is 16.9 Å². The molecule has 0 fully saturated rings. The smallest absolute Gasteiger partial charge is 0.162 e. The first-order chi connectivity index (χ1) is 9.25. The van der Waals surface area contributed by atoms with Crippen LogP contribution in [0.1, 0.15) is 5.56 Å². The topological polar surface area (TPSA) is 38.0 Å². The average molecular weight is 250 g/mol. The highest BCUT2D eigenvalue weighted by Gasteiger charge is 2.13. The van der Waals surface area contributed by atoms with Gasteiger partial charge in [0.05, 0.1) is 11.9 Å². The van der Waals surface area contributed by atoms with E-state index in [-0.39, 0.29) is 5.75 Å². The fraction of sp³-hybridized carbons (Fsp3) is 0.0625. The lowest BCUT2D eigenvalue weighted by atomic mass is 10.1. The van der Waals surface area contributed by atoms with E-state index in [1.54, 1.807) is 4.68 Å². The fourth-order valence-corrected chi connectivity index (χ4v) is 2.09. The van der Waals surface area contributed by atoms with Crippen molar-refractivity contribution in [2.24, 2.45) is 0 Å². The number of rotatable bonds is 2. The van der Waals surface area contributed by atoms with Gasteiger partial charge in [-0.2, -0.15) is 5.10 Å². The van der Waals surface area contributed by atoms with Gasteiger partial charge in [-0.3, -0.25) is 0 Å². The van der Waals surface area contributed by atoms with Crippen LogP contribution in [0.15, 0.2) is 60.8 Å². The van der Waals surface area contributed by atoms with Crippen molar-refractivity contribution in [2.75, 3.05) is 0 Å². The SMILES string of the molecule is Cc1ccc(-n2ncc(O)c2-c2ccccc2)cc1. The molecule has 1 heterocycles. The molecule has 0 aliphatic rings. The van der Waals surface area contributed by atoms with Gasteiger partial charge in [-0.15, -0.1) is 0 Å². The summed E-state index contributed by atoms with van der Waals surface area (Å²) < 4.78 is 1.75. The second kappa shape index (κ2) is 4.61. The van der Waals surface area contributed by atoms with E-state index in [9.17, 15) is 5.11 Å². The van der Waals surface area contributed by atoms with Crippen molar-refractivity contribution in [3.8, 4) is 22.7 Å². The van der Waals surface area contributed by atoms with E-state index in [1.165, 1.54) is 11.8 Å². The van der Waals surface area contributed by atoms with E-state index in [0.717, 1.165) is 11.3 Å². The zero-order valence-electron chi connectivity index (χ0n) is 10.6. The lowest BCUT2D eigenvalue weighted by Gasteiger charge is -2.08. The molecule has 3 nitrogen and oxygen atoms in total. The van der Waals surface area contributed by atoms with Crippen LogP contribution in [0.5, 0.6) is 5.75 Å². The molecule has 19 heavy (non-hydrogen) atoms. The number of aromatic nitrogens is 2. The van der Waals surface area contributed by atoms with Gasteiger partial charge in [0.2, 0.25) is 0 Å². The first kappa shape index (κ1) is 11.5. The quantitative estimate of drug-likeness (QED) is 0.755. The Morgan fingerprint density at radius 2 is 1.63 bits per heavy atom. The monoisotopic (exact) mass is 250 g/mol. The molecule has 0 amide bonds. The van der Waals surface area contributed by atoms with Gasteiger partial charge >= 0.3 is 0 Å². The Morgan fingerprint density at radius 3 is 2.32 bits per heavy atom. The van der Waals surface area contributed by atoms with Crippen LogP contribution in [0.3, 0.4) is 0 Å². The lowest BCUT2D eigenvalue weighted by molar-refractivity contribution is 0.477. The van der Waals surface area contributed by atoms with Gasteiger partial charge in [-0.1, -0.05) is 48.0 Å². The lowest BCUT2D eigenvalue weighted by Crippen LogP contribution is -1.98. The van der Waals surface area contributed by atoms with Gasteiger partial charge in [0.15, 0.2) is 5.75 Å². The minimum Gasteiger partial charge on any atom is -0.504 e. The molecule has 0 saturated carbocycles. The number of nitrogens with zero attached hydrogens (tertiary/aromatic N) is 2. The molecule has 0 unspecified atom stereocenters. The maximum atomic E-state index is 10.0. The number of benzene rings is 2. The standard InChI is InChI=1S/C16H14N2O/c1-12-7-9-14(10-8-12)18-16(15(19)11-17-18)13-5-3-2-4-6-13/h2-11,19H,1H3. The summed E-state index contributed by atoms with van der Waals surface area (Å²) in [5.74, 6) is 0.187. The normalized spacial score (nSPS) is 10.6. The van der Waals surface area contributed by atoms with E-state index >= 15 is 0 Å². The number of aromatic hydroxyl groups is 1. The largest absolute Gasteiger partial charge is 0.504 e. The van der Waals surface area contributed by atoms with Crippen molar-refractivity contribution in [1.82, 2.24) is 9.78 Å². The second-order valence-electron chi connectivity index (χ2n) is 4.49. The van der Waals surface area contributed by atoms with Gasteiger partial charge < -0.3 is 5.11 Å². The van der Waals surface area contributed by atoms with Crippen LogP contribution >= 0.6 is 0 Å². The third kappa shape index (κ3) is 2.10. The summed E-state index contributed by atoms with van der Waals surface area (Å²) in [7, 11) is 0. The molecule has 3 rings (SSSR count). The summed E-state index contributed by atoms with van der Waals surface area (Å²) in [4.78, 5) is 0. The summed E-state index contributed by atoms with van der Waals surface area (Å²) in [5, 5.41) is 14.3. The molecule has 94 valence electrons. The summed E-state index contributed by atoms with van der Waals surface area (Å²) in [6, 6.07) is 17.8. The van der Waals surface area contributed by atoms with Crippen molar-refractivity contribution in [3.63, 3.8) is 0 Å². The summed E-state index contributed by atoms with van der Waals surface area (Å²) in [6.45, 7) is 2.04. The van der Waals surface area contributed by atoms with Crippen molar-refractivity contribution < 1.29 is 5.11 Å². The predicted octanol–water partition coefficient (Wildman–Crippen LogP) is 3.55. The molecule has 0 saturated heterocycles. The second-order valence-corrected chi connectivity index (χ2v) is 4.49. The molecule has 0 spiro atoms.